The fourth-order valence-corrected chi connectivity index (χ4v) is 1.16. The second-order valence-corrected chi connectivity index (χ2v) is 3.45. The van der Waals surface area contributed by atoms with Gasteiger partial charge in [0.05, 0.1) is 12.7 Å². The molecule has 0 atom stereocenters. The average Bonchev–Trinajstić information content (AvgIpc) is 2.36. The van der Waals surface area contributed by atoms with E-state index in [9.17, 15) is 14.7 Å². The largest absolute Gasteiger partial charge is 0.507 e. The fourth-order valence-electron chi connectivity index (χ4n) is 1.16. The van der Waals surface area contributed by atoms with Crippen LogP contribution in [0.25, 0.3) is 0 Å². The molecular weight excluding hydrogens is 236 g/mol. The molecule has 0 aliphatic heterocycles. The molecule has 1 amide bonds. The molecule has 0 aliphatic carbocycles. The first-order valence-corrected chi connectivity index (χ1v) is 5.15. The molecule has 0 aromatic heterocycles. The quantitative estimate of drug-likeness (QED) is 0.416. The molecule has 3 N–H and O–H groups in total. The van der Waals surface area contributed by atoms with Crippen LogP contribution in [0.4, 0.5) is 0 Å². The SMILES string of the molecule is COC(=O)C=C(C)NNC(=O)c1ccccc1O. The number of benzene rings is 1. The number of amides is 1. The highest BCUT2D eigenvalue weighted by Crippen LogP contribution is 2.14. The lowest BCUT2D eigenvalue weighted by Crippen LogP contribution is -2.36. The Labute approximate surface area is 104 Å². The predicted octanol–water partition coefficient (Wildman–Crippen LogP) is 0.703. The molecule has 0 aliphatic rings. The van der Waals surface area contributed by atoms with Gasteiger partial charge in [0.2, 0.25) is 0 Å². The van der Waals surface area contributed by atoms with Crippen molar-refractivity contribution in [3.05, 3.63) is 41.6 Å². The molecule has 18 heavy (non-hydrogen) atoms. The second-order valence-electron chi connectivity index (χ2n) is 3.45. The summed E-state index contributed by atoms with van der Waals surface area (Å²) in [7, 11) is 1.26. The van der Waals surface area contributed by atoms with E-state index < -0.39 is 11.9 Å². The van der Waals surface area contributed by atoms with E-state index in [1.54, 1.807) is 19.1 Å². The molecule has 1 aromatic rings. The first kappa shape index (κ1) is 13.6. The van der Waals surface area contributed by atoms with Crippen molar-refractivity contribution in [2.24, 2.45) is 0 Å². The molecule has 1 aromatic carbocycles. The number of methoxy groups -OCH3 is 1. The van der Waals surface area contributed by atoms with Crippen LogP contribution >= 0.6 is 0 Å². The van der Waals surface area contributed by atoms with E-state index in [-0.39, 0.29) is 11.3 Å². The predicted molar refractivity (Wildman–Crippen MR) is 64.5 cm³/mol. The minimum atomic E-state index is -0.531. The normalized spacial score (nSPS) is 10.7. The molecule has 0 radical (unpaired) electrons. The lowest BCUT2D eigenvalue weighted by atomic mass is 10.2. The van der Waals surface area contributed by atoms with Crippen molar-refractivity contribution < 1.29 is 19.4 Å². The van der Waals surface area contributed by atoms with Crippen molar-refractivity contribution in [2.45, 2.75) is 6.92 Å². The number of carbonyl (C=O) groups is 2. The van der Waals surface area contributed by atoms with Gasteiger partial charge in [-0.25, -0.2) is 4.79 Å². The zero-order valence-corrected chi connectivity index (χ0v) is 10.1. The number of rotatable bonds is 4. The van der Waals surface area contributed by atoms with Gasteiger partial charge in [-0.05, 0) is 19.1 Å². The highest BCUT2D eigenvalue weighted by atomic mass is 16.5. The molecule has 6 heteroatoms. The van der Waals surface area contributed by atoms with E-state index in [4.69, 9.17) is 0 Å². The summed E-state index contributed by atoms with van der Waals surface area (Å²) in [5.74, 6) is -1.16. The Bertz CT molecular complexity index is 483. The van der Waals surface area contributed by atoms with Crippen molar-refractivity contribution in [1.29, 1.82) is 0 Å². The summed E-state index contributed by atoms with van der Waals surface area (Å²) >= 11 is 0. The third-order valence-corrected chi connectivity index (χ3v) is 2.06. The van der Waals surface area contributed by atoms with Crippen LogP contribution in [-0.2, 0) is 9.53 Å². The summed E-state index contributed by atoms with van der Waals surface area (Å²) in [6.45, 7) is 1.59. The van der Waals surface area contributed by atoms with E-state index in [1.807, 2.05) is 0 Å². The molecule has 0 saturated heterocycles. The Morgan fingerprint density at radius 2 is 1.94 bits per heavy atom. The Balaban J connectivity index is 2.60. The number of phenols is 1. The van der Waals surface area contributed by atoms with Crippen molar-refractivity contribution in [3.63, 3.8) is 0 Å². The van der Waals surface area contributed by atoms with Gasteiger partial charge in [0, 0.05) is 11.8 Å². The van der Waals surface area contributed by atoms with Gasteiger partial charge < -0.3 is 15.3 Å². The van der Waals surface area contributed by atoms with Gasteiger partial charge >= 0.3 is 5.97 Å². The van der Waals surface area contributed by atoms with Crippen LogP contribution in [0.5, 0.6) is 5.75 Å². The molecule has 0 bridgehead atoms. The maximum absolute atomic E-state index is 11.6. The van der Waals surface area contributed by atoms with Crippen molar-refractivity contribution in [1.82, 2.24) is 10.9 Å². The first-order chi connectivity index (χ1) is 8.54. The Hall–Kier alpha value is -2.50. The van der Waals surface area contributed by atoms with Crippen LogP contribution < -0.4 is 10.9 Å². The summed E-state index contributed by atoms with van der Waals surface area (Å²) in [5.41, 5.74) is 5.41. The smallest absolute Gasteiger partial charge is 0.332 e. The summed E-state index contributed by atoms with van der Waals surface area (Å²) in [4.78, 5) is 22.5. The molecule has 6 nitrogen and oxygen atoms in total. The zero-order chi connectivity index (χ0) is 13.5. The van der Waals surface area contributed by atoms with Crippen LogP contribution in [-0.4, -0.2) is 24.1 Å². The van der Waals surface area contributed by atoms with E-state index in [0.717, 1.165) is 0 Å². The van der Waals surface area contributed by atoms with E-state index in [0.29, 0.717) is 5.70 Å². The molecule has 1 rings (SSSR count). The topological polar surface area (TPSA) is 87.7 Å². The monoisotopic (exact) mass is 250 g/mol. The lowest BCUT2D eigenvalue weighted by molar-refractivity contribution is -0.134. The molecule has 0 unspecified atom stereocenters. The number of esters is 1. The Morgan fingerprint density at radius 3 is 2.56 bits per heavy atom. The van der Waals surface area contributed by atoms with Crippen molar-refractivity contribution in [2.75, 3.05) is 7.11 Å². The van der Waals surface area contributed by atoms with Crippen LogP contribution in [0.3, 0.4) is 0 Å². The number of nitrogens with one attached hydrogen (secondary N) is 2. The van der Waals surface area contributed by atoms with Crippen LogP contribution in [0.15, 0.2) is 36.0 Å². The summed E-state index contributed by atoms with van der Waals surface area (Å²) in [6.07, 6.45) is 1.19. The number of phenolic OH excluding ortho intramolecular Hbond substituents is 1. The van der Waals surface area contributed by atoms with Crippen molar-refractivity contribution in [3.8, 4) is 5.75 Å². The van der Waals surface area contributed by atoms with Crippen molar-refractivity contribution >= 4 is 11.9 Å². The van der Waals surface area contributed by atoms with Gasteiger partial charge in [-0.3, -0.25) is 10.2 Å². The second kappa shape index (κ2) is 6.29. The highest BCUT2D eigenvalue weighted by molar-refractivity contribution is 5.96. The number of carbonyl (C=O) groups excluding carboxylic acids is 2. The molecule has 96 valence electrons. The summed E-state index contributed by atoms with van der Waals surface area (Å²) in [6, 6.07) is 6.13. The molecule has 0 spiro atoms. The number of allylic oxidation sites excluding steroid dienone is 1. The molecular formula is C12H14N2O4. The Morgan fingerprint density at radius 1 is 1.28 bits per heavy atom. The van der Waals surface area contributed by atoms with E-state index >= 15 is 0 Å². The summed E-state index contributed by atoms with van der Waals surface area (Å²) < 4.78 is 4.42. The minimum Gasteiger partial charge on any atom is -0.507 e. The number of hydrogen-bond donors (Lipinski definition) is 3. The highest BCUT2D eigenvalue weighted by Gasteiger charge is 2.09. The van der Waals surface area contributed by atoms with Crippen LogP contribution in [0.2, 0.25) is 0 Å². The van der Waals surface area contributed by atoms with Crippen LogP contribution in [0, 0.1) is 0 Å². The number of hydrazine groups is 1. The first-order valence-electron chi connectivity index (χ1n) is 5.15. The van der Waals surface area contributed by atoms with Gasteiger partial charge in [0.25, 0.3) is 5.91 Å². The maximum Gasteiger partial charge on any atom is 0.332 e. The van der Waals surface area contributed by atoms with E-state index in [2.05, 4.69) is 15.6 Å². The average molecular weight is 250 g/mol. The van der Waals surface area contributed by atoms with Gasteiger partial charge in [0.15, 0.2) is 0 Å². The number of ether oxygens (including phenoxy) is 1. The lowest BCUT2D eigenvalue weighted by Gasteiger charge is -2.09. The molecule has 0 fully saturated rings. The summed E-state index contributed by atoms with van der Waals surface area (Å²) in [5, 5.41) is 9.45. The third-order valence-electron chi connectivity index (χ3n) is 2.06. The number of para-hydroxylation sites is 1. The molecule has 0 heterocycles. The number of hydrogen-bond acceptors (Lipinski definition) is 5. The standard InChI is InChI=1S/C12H14N2O4/c1-8(7-11(16)18-2)13-14-12(17)9-5-3-4-6-10(9)15/h3-7,13,15H,1-2H3,(H,14,17). The van der Waals surface area contributed by atoms with Gasteiger partial charge in [0.1, 0.15) is 5.75 Å². The van der Waals surface area contributed by atoms with E-state index in [1.165, 1.54) is 25.3 Å². The number of aromatic hydroxyl groups is 1. The zero-order valence-electron chi connectivity index (χ0n) is 10.1. The maximum atomic E-state index is 11.6. The third kappa shape index (κ3) is 3.82. The van der Waals surface area contributed by atoms with Gasteiger partial charge in [-0.2, -0.15) is 0 Å². The molecule has 0 saturated carbocycles. The fraction of sp³-hybridized carbons (Fsp3) is 0.167. The minimum absolute atomic E-state index is 0.119. The van der Waals surface area contributed by atoms with Gasteiger partial charge in [-0.1, -0.05) is 12.1 Å². The Kier molecular flexibility index (Phi) is 4.74. The van der Waals surface area contributed by atoms with Gasteiger partial charge in [-0.15, -0.1) is 0 Å². The van der Waals surface area contributed by atoms with Crippen LogP contribution in [0.1, 0.15) is 17.3 Å².